The van der Waals surface area contributed by atoms with E-state index in [1.807, 2.05) is 13.8 Å². The van der Waals surface area contributed by atoms with Crippen LogP contribution in [-0.2, 0) is 16.7 Å². The zero-order valence-electron chi connectivity index (χ0n) is 13.9. The summed E-state index contributed by atoms with van der Waals surface area (Å²) in [5, 5.41) is 0. The maximum atomic E-state index is 12.6. The Morgan fingerprint density at radius 3 is 2.50 bits per heavy atom. The van der Waals surface area contributed by atoms with Crippen LogP contribution in [0, 0.1) is 0 Å². The summed E-state index contributed by atoms with van der Waals surface area (Å²) in [6.45, 7) is 5.49. The SMILES string of the molecule is CCS(=O)(=O)Oc1ccccc1CN(C(=O)c1ccco1)C(C)C. The number of carbonyl (C=O) groups excluding carboxylic acids is 1. The first kappa shape index (κ1) is 18.1. The molecule has 0 fully saturated rings. The van der Waals surface area contributed by atoms with Gasteiger partial charge in [-0.1, -0.05) is 18.2 Å². The molecule has 1 amide bonds. The molecular weight excluding hydrogens is 330 g/mol. The van der Waals surface area contributed by atoms with Crippen LogP contribution in [-0.4, -0.2) is 31.0 Å². The second-order valence-corrected chi connectivity index (χ2v) is 7.40. The summed E-state index contributed by atoms with van der Waals surface area (Å²) >= 11 is 0. The van der Waals surface area contributed by atoms with Gasteiger partial charge in [0.25, 0.3) is 5.91 Å². The number of hydrogen-bond donors (Lipinski definition) is 0. The summed E-state index contributed by atoms with van der Waals surface area (Å²) in [7, 11) is -3.64. The van der Waals surface area contributed by atoms with Crippen molar-refractivity contribution in [1.29, 1.82) is 0 Å². The lowest BCUT2D eigenvalue weighted by Gasteiger charge is -2.26. The van der Waals surface area contributed by atoms with Crippen molar-refractivity contribution in [2.75, 3.05) is 5.75 Å². The molecular formula is C17H21NO5S. The van der Waals surface area contributed by atoms with Crippen LogP contribution in [0.3, 0.4) is 0 Å². The Balaban J connectivity index is 2.29. The standard InChI is InChI=1S/C17H21NO5S/c1-4-24(20,21)23-15-9-6-5-8-14(15)12-18(13(2)3)17(19)16-10-7-11-22-16/h5-11,13H,4,12H2,1-3H3. The smallest absolute Gasteiger partial charge is 0.308 e. The van der Waals surface area contributed by atoms with Crippen molar-refractivity contribution in [3.63, 3.8) is 0 Å². The first-order valence-electron chi connectivity index (χ1n) is 7.68. The van der Waals surface area contributed by atoms with E-state index in [2.05, 4.69) is 0 Å². The normalized spacial score (nSPS) is 11.5. The molecule has 7 heteroatoms. The highest BCUT2D eigenvalue weighted by Gasteiger charge is 2.23. The number of para-hydroxylation sites is 1. The van der Waals surface area contributed by atoms with Crippen molar-refractivity contribution < 1.29 is 21.8 Å². The molecule has 0 aliphatic carbocycles. The van der Waals surface area contributed by atoms with Crippen LogP contribution in [0.1, 0.15) is 36.9 Å². The van der Waals surface area contributed by atoms with E-state index in [-0.39, 0.29) is 35.8 Å². The maximum Gasteiger partial charge on any atom is 0.308 e. The molecule has 2 rings (SSSR count). The summed E-state index contributed by atoms with van der Waals surface area (Å²) in [6, 6.07) is 9.94. The third kappa shape index (κ3) is 4.38. The minimum atomic E-state index is -3.64. The summed E-state index contributed by atoms with van der Waals surface area (Å²) in [4.78, 5) is 14.2. The van der Waals surface area contributed by atoms with Gasteiger partial charge in [0.05, 0.1) is 18.6 Å². The van der Waals surface area contributed by atoms with Crippen LogP contribution in [0.4, 0.5) is 0 Å². The predicted octanol–water partition coefficient (Wildman–Crippen LogP) is 3.06. The molecule has 0 bridgehead atoms. The van der Waals surface area contributed by atoms with E-state index in [9.17, 15) is 13.2 Å². The van der Waals surface area contributed by atoms with E-state index in [0.717, 1.165) is 0 Å². The van der Waals surface area contributed by atoms with Gasteiger partial charge in [-0.3, -0.25) is 4.79 Å². The van der Waals surface area contributed by atoms with E-state index in [1.54, 1.807) is 41.3 Å². The van der Waals surface area contributed by atoms with Gasteiger partial charge in [0.2, 0.25) is 0 Å². The zero-order chi connectivity index (χ0) is 17.7. The molecule has 0 atom stereocenters. The van der Waals surface area contributed by atoms with Crippen molar-refractivity contribution in [2.45, 2.75) is 33.4 Å². The van der Waals surface area contributed by atoms with Gasteiger partial charge < -0.3 is 13.5 Å². The van der Waals surface area contributed by atoms with Crippen molar-refractivity contribution in [3.05, 3.63) is 54.0 Å². The second kappa shape index (κ2) is 7.53. The monoisotopic (exact) mass is 351 g/mol. The molecule has 2 aromatic rings. The Bertz CT molecular complexity index is 781. The Kier molecular flexibility index (Phi) is 5.66. The fraction of sp³-hybridized carbons (Fsp3) is 0.353. The van der Waals surface area contributed by atoms with Gasteiger partial charge in [-0.25, -0.2) is 0 Å². The number of carbonyl (C=O) groups is 1. The molecule has 0 spiro atoms. The Morgan fingerprint density at radius 2 is 1.92 bits per heavy atom. The number of hydrogen-bond acceptors (Lipinski definition) is 5. The van der Waals surface area contributed by atoms with Crippen LogP contribution in [0.25, 0.3) is 0 Å². The highest BCUT2D eigenvalue weighted by atomic mass is 32.2. The molecule has 0 saturated heterocycles. The quantitative estimate of drug-likeness (QED) is 0.717. The third-order valence-electron chi connectivity index (χ3n) is 3.50. The Hall–Kier alpha value is -2.28. The van der Waals surface area contributed by atoms with Crippen molar-refractivity contribution in [2.24, 2.45) is 0 Å². The van der Waals surface area contributed by atoms with Crippen molar-refractivity contribution in [3.8, 4) is 5.75 Å². The molecule has 1 heterocycles. The van der Waals surface area contributed by atoms with Crippen LogP contribution in [0.2, 0.25) is 0 Å². The maximum absolute atomic E-state index is 12.6. The topological polar surface area (TPSA) is 76.8 Å². The molecule has 1 aromatic carbocycles. The number of nitrogens with zero attached hydrogens (tertiary/aromatic N) is 1. The molecule has 0 radical (unpaired) electrons. The van der Waals surface area contributed by atoms with E-state index in [1.165, 1.54) is 13.2 Å². The molecule has 24 heavy (non-hydrogen) atoms. The number of furan rings is 1. The minimum absolute atomic E-state index is 0.0987. The molecule has 6 nitrogen and oxygen atoms in total. The molecule has 0 aliphatic heterocycles. The van der Waals surface area contributed by atoms with Gasteiger partial charge in [-0.2, -0.15) is 8.42 Å². The summed E-state index contributed by atoms with van der Waals surface area (Å²) in [5.74, 6) is 0.0873. The molecule has 1 aromatic heterocycles. The molecule has 0 aliphatic rings. The lowest BCUT2D eigenvalue weighted by Crippen LogP contribution is -2.36. The lowest BCUT2D eigenvalue weighted by molar-refractivity contribution is 0.0657. The van der Waals surface area contributed by atoms with Crippen LogP contribution in [0.5, 0.6) is 5.75 Å². The largest absolute Gasteiger partial charge is 0.459 e. The van der Waals surface area contributed by atoms with Gasteiger partial charge >= 0.3 is 10.1 Å². The molecule has 0 N–H and O–H groups in total. The number of benzene rings is 1. The first-order chi connectivity index (χ1) is 11.3. The lowest BCUT2D eigenvalue weighted by atomic mass is 10.1. The predicted molar refractivity (Wildman–Crippen MR) is 90.2 cm³/mol. The molecule has 130 valence electrons. The van der Waals surface area contributed by atoms with Gasteiger partial charge in [-0.15, -0.1) is 0 Å². The van der Waals surface area contributed by atoms with Crippen LogP contribution in [0.15, 0.2) is 47.1 Å². The number of amides is 1. The van der Waals surface area contributed by atoms with Crippen LogP contribution < -0.4 is 4.18 Å². The highest BCUT2D eigenvalue weighted by molar-refractivity contribution is 7.87. The zero-order valence-corrected chi connectivity index (χ0v) is 14.7. The van der Waals surface area contributed by atoms with Gasteiger partial charge in [0.1, 0.15) is 5.75 Å². The van der Waals surface area contributed by atoms with Crippen LogP contribution >= 0.6 is 0 Å². The Morgan fingerprint density at radius 1 is 1.21 bits per heavy atom. The summed E-state index contributed by atoms with van der Waals surface area (Å²) in [6.07, 6.45) is 1.44. The second-order valence-electron chi connectivity index (χ2n) is 5.54. The van der Waals surface area contributed by atoms with Crippen molar-refractivity contribution in [1.82, 2.24) is 4.90 Å². The van der Waals surface area contributed by atoms with E-state index >= 15 is 0 Å². The van der Waals surface area contributed by atoms with Crippen molar-refractivity contribution >= 4 is 16.0 Å². The highest BCUT2D eigenvalue weighted by Crippen LogP contribution is 2.23. The first-order valence-corrected chi connectivity index (χ1v) is 9.26. The fourth-order valence-corrected chi connectivity index (χ4v) is 2.68. The van der Waals surface area contributed by atoms with Gasteiger partial charge in [-0.05, 0) is 39.0 Å². The molecule has 0 unspecified atom stereocenters. The fourth-order valence-electron chi connectivity index (χ4n) is 2.13. The van der Waals surface area contributed by atoms with E-state index < -0.39 is 10.1 Å². The van der Waals surface area contributed by atoms with Gasteiger partial charge in [0, 0.05) is 11.6 Å². The van der Waals surface area contributed by atoms with Gasteiger partial charge in [0.15, 0.2) is 5.76 Å². The Labute approximate surface area is 142 Å². The number of rotatable bonds is 7. The minimum Gasteiger partial charge on any atom is -0.459 e. The molecule has 0 saturated carbocycles. The van der Waals surface area contributed by atoms with E-state index in [0.29, 0.717) is 5.56 Å². The summed E-state index contributed by atoms with van der Waals surface area (Å²) < 4.78 is 33.8. The average Bonchev–Trinajstić information content (AvgIpc) is 3.07. The average molecular weight is 351 g/mol. The third-order valence-corrected chi connectivity index (χ3v) is 4.64. The van der Waals surface area contributed by atoms with E-state index in [4.69, 9.17) is 8.60 Å². The summed E-state index contributed by atoms with van der Waals surface area (Å²) in [5.41, 5.74) is 0.614.